The molecule has 0 saturated heterocycles. The first-order valence-corrected chi connectivity index (χ1v) is 9.49. The van der Waals surface area contributed by atoms with Crippen molar-refractivity contribution in [3.05, 3.63) is 62.6 Å². The number of hydrogen-bond donors (Lipinski definition) is 1. The Morgan fingerprint density at radius 2 is 1.89 bits per heavy atom. The molecule has 1 saturated carbocycles. The van der Waals surface area contributed by atoms with Gasteiger partial charge in [-0.05, 0) is 18.9 Å². The molecule has 1 fully saturated rings. The van der Waals surface area contributed by atoms with Gasteiger partial charge in [0, 0.05) is 37.5 Å². The molecule has 1 aliphatic heterocycles. The van der Waals surface area contributed by atoms with Crippen LogP contribution in [0.25, 0.3) is 0 Å². The van der Waals surface area contributed by atoms with Crippen LogP contribution in [-0.4, -0.2) is 21.4 Å². The van der Waals surface area contributed by atoms with Crippen molar-refractivity contribution in [3.63, 3.8) is 0 Å². The van der Waals surface area contributed by atoms with Crippen molar-refractivity contribution in [2.75, 3.05) is 6.54 Å². The molecule has 0 bridgehead atoms. The number of aromatic amines is 1. The van der Waals surface area contributed by atoms with Gasteiger partial charge in [-0.25, -0.2) is 18.2 Å². The minimum atomic E-state index is -1.46. The molecule has 0 radical (unpaired) electrons. The van der Waals surface area contributed by atoms with E-state index in [1.807, 2.05) is 4.90 Å². The number of fused-ring (bicyclic) bond motifs is 1. The van der Waals surface area contributed by atoms with Crippen molar-refractivity contribution < 1.29 is 13.2 Å². The number of halogens is 3. The summed E-state index contributed by atoms with van der Waals surface area (Å²) in [6.07, 6.45) is 6.27. The molecule has 1 aromatic heterocycles. The largest absolute Gasteiger partial charge is 0.310 e. The predicted molar refractivity (Wildman–Crippen MR) is 94.8 cm³/mol. The van der Waals surface area contributed by atoms with E-state index in [4.69, 9.17) is 4.98 Å². The molecule has 7 heteroatoms. The van der Waals surface area contributed by atoms with Gasteiger partial charge < -0.3 is 4.98 Å². The highest BCUT2D eigenvalue weighted by atomic mass is 19.2. The quantitative estimate of drug-likeness (QED) is 0.828. The second-order valence-corrected chi connectivity index (χ2v) is 7.51. The topological polar surface area (TPSA) is 49.0 Å². The average Bonchev–Trinajstić information content (AvgIpc) is 2.69. The fourth-order valence-corrected chi connectivity index (χ4v) is 4.13. The molecular formula is C20H22F3N3O. The first-order chi connectivity index (χ1) is 13.0. The van der Waals surface area contributed by atoms with Crippen LogP contribution in [0.1, 0.15) is 60.7 Å². The zero-order valence-electron chi connectivity index (χ0n) is 15.0. The van der Waals surface area contributed by atoms with Crippen LogP contribution < -0.4 is 5.56 Å². The van der Waals surface area contributed by atoms with Gasteiger partial charge in [0.15, 0.2) is 17.5 Å². The average molecular weight is 377 g/mol. The lowest BCUT2D eigenvalue weighted by Crippen LogP contribution is -2.36. The predicted octanol–water partition coefficient (Wildman–Crippen LogP) is 3.79. The summed E-state index contributed by atoms with van der Waals surface area (Å²) in [7, 11) is 0. The van der Waals surface area contributed by atoms with Crippen LogP contribution in [-0.2, 0) is 19.5 Å². The highest BCUT2D eigenvalue weighted by Gasteiger charge is 2.25. The molecule has 0 atom stereocenters. The first-order valence-electron chi connectivity index (χ1n) is 9.49. The number of rotatable bonds is 3. The Bertz CT molecular complexity index is 906. The molecule has 1 aliphatic carbocycles. The lowest BCUT2D eigenvalue weighted by atomic mass is 9.88. The monoisotopic (exact) mass is 377 g/mol. The van der Waals surface area contributed by atoms with E-state index >= 15 is 0 Å². The zero-order chi connectivity index (χ0) is 19.0. The maximum Gasteiger partial charge on any atom is 0.255 e. The molecule has 27 heavy (non-hydrogen) atoms. The fourth-order valence-electron chi connectivity index (χ4n) is 4.13. The summed E-state index contributed by atoms with van der Waals surface area (Å²) < 4.78 is 40.5. The summed E-state index contributed by atoms with van der Waals surface area (Å²) in [5.41, 5.74) is 1.33. The molecule has 2 aromatic rings. The highest BCUT2D eigenvalue weighted by molar-refractivity contribution is 5.24. The van der Waals surface area contributed by atoms with E-state index in [9.17, 15) is 18.0 Å². The van der Waals surface area contributed by atoms with Gasteiger partial charge in [-0.1, -0.05) is 25.3 Å². The second-order valence-electron chi connectivity index (χ2n) is 7.51. The number of H-pyrrole nitrogens is 1. The first kappa shape index (κ1) is 18.2. The maximum atomic E-state index is 13.9. The van der Waals surface area contributed by atoms with Gasteiger partial charge in [-0.15, -0.1) is 0 Å². The van der Waals surface area contributed by atoms with E-state index in [1.165, 1.54) is 25.3 Å². The van der Waals surface area contributed by atoms with Gasteiger partial charge in [-0.2, -0.15) is 0 Å². The summed E-state index contributed by atoms with van der Waals surface area (Å²) >= 11 is 0. The van der Waals surface area contributed by atoms with Crippen LogP contribution in [0.5, 0.6) is 0 Å². The number of nitrogens with zero attached hydrogens (tertiary/aromatic N) is 2. The smallest absolute Gasteiger partial charge is 0.255 e. The van der Waals surface area contributed by atoms with E-state index in [0.29, 0.717) is 31.0 Å². The summed E-state index contributed by atoms with van der Waals surface area (Å²) in [5.74, 6) is -2.71. The van der Waals surface area contributed by atoms with Gasteiger partial charge in [0.2, 0.25) is 0 Å². The van der Waals surface area contributed by atoms with Crippen molar-refractivity contribution in [3.8, 4) is 0 Å². The van der Waals surface area contributed by atoms with Gasteiger partial charge in [0.1, 0.15) is 5.82 Å². The third kappa shape index (κ3) is 3.65. The summed E-state index contributed by atoms with van der Waals surface area (Å²) in [5, 5.41) is 0. The SMILES string of the molecule is O=c1[nH]c(C2CCCCC2)nc2c1CN(Cc1ccc(F)c(F)c1F)CC2. The van der Waals surface area contributed by atoms with Crippen LogP contribution in [0.15, 0.2) is 16.9 Å². The molecule has 4 rings (SSSR count). The minimum absolute atomic E-state index is 0.0839. The van der Waals surface area contributed by atoms with Crippen molar-refractivity contribution in [2.45, 2.75) is 57.5 Å². The molecule has 144 valence electrons. The fraction of sp³-hybridized carbons (Fsp3) is 0.500. The van der Waals surface area contributed by atoms with Gasteiger partial charge >= 0.3 is 0 Å². The Kier molecular flexibility index (Phi) is 5.04. The molecule has 0 amide bonds. The number of nitrogens with one attached hydrogen (secondary N) is 1. The van der Waals surface area contributed by atoms with Crippen LogP contribution in [0.2, 0.25) is 0 Å². The van der Waals surface area contributed by atoms with Crippen LogP contribution in [0, 0.1) is 17.5 Å². The number of benzene rings is 1. The minimum Gasteiger partial charge on any atom is -0.310 e. The lowest BCUT2D eigenvalue weighted by molar-refractivity contribution is 0.236. The van der Waals surface area contributed by atoms with E-state index in [-0.39, 0.29) is 17.7 Å². The second kappa shape index (κ2) is 7.46. The summed E-state index contributed by atoms with van der Waals surface area (Å²) in [6, 6.07) is 2.17. The third-order valence-corrected chi connectivity index (χ3v) is 5.67. The van der Waals surface area contributed by atoms with E-state index in [0.717, 1.165) is 30.4 Å². The number of aromatic nitrogens is 2. The summed E-state index contributed by atoms with van der Waals surface area (Å²) in [6.45, 7) is 1.03. The van der Waals surface area contributed by atoms with E-state index < -0.39 is 17.5 Å². The van der Waals surface area contributed by atoms with Crippen molar-refractivity contribution >= 4 is 0 Å². The molecule has 2 aliphatic rings. The Labute approximate surface area is 155 Å². The number of hydrogen-bond acceptors (Lipinski definition) is 3. The van der Waals surface area contributed by atoms with Crippen LogP contribution in [0.3, 0.4) is 0 Å². The molecular weight excluding hydrogens is 355 g/mol. The highest BCUT2D eigenvalue weighted by Crippen LogP contribution is 2.31. The normalized spacial score (nSPS) is 18.5. The Balaban J connectivity index is 1.53. The molecule has 4 nitrogen and oxygen atoms in total. The van der Waals surface area contributed by atoms with Gasteiger partial charge in [0.25, 0.3) is 5.56 Å². The summed E-state index contributed by atoms with van der Waals surface area (Å²) in [4.78, 5) is 22.1. The van der Waals surface area contributed by atoms with Crippen molar-refractivity contribution in [1.29, 1.82) is 0 Å². The Morgan fingerprint density at radius 1 is 1.11 bits per heavy atom. The van der Waals surface area contributed by atoms with Gasteiger partial charge in [-0.3, -0.25) is 9.69 Å². The maximum absolute atomic E-state index is 13.9. The van der Waals surface area contributed by atoms with Gasteiger partial charge in [0.05, 0.1) is 11.3 Å². The van der Waals surface area contributed by atoms with Crippen molar-refractivity contribution in [1.82, 2.24) is 14.9 Å². The Hall–Kier alpha value is -2.15. The Morgan fingerprint density at radius 3 is 2.67 bits per heavy atom. The molecule has 0 spiro atoms. The molecule has 1 N–H and O–H groups in total. The standard InChI is InChI=1S/C20H22F3N3O/c21-15-7-6-13(17(22)18(15)23)10-26-9-8-16-14(11-26)20(27)25-19(24-16)12-4-2-1-3-5-12/h6-7,12H,1-5,8-11H2,(H,24,25,27). The van der Waals surface area contributed by atoms with Crippen molar-refractivity contribution in [2.24, 2.45) is 0 Å². The lowest BCUT2D eigenvalue weighted by Gasteiger charge is -2.29. The van der Waals surface area contributed by atoms with Crippen LogP contribution >= 0.6 is 0 Å². The van der Waals surface area contributed by atoms with Crippen LogP contribution in [0.4, 0.5) is 13.2 Å². The van der Waals surface area contributed by atoms with E-state index in [1.54, 1.807) is 0 Å². The molecule has 2 heterocycles. The zero-order valence-corrected chi connectivity index (χ0v) is 15.0. The van der Waals surface area contributed by atoms with E-state index in [2.05, 4.69) is 4.98 Å². The molecule has 1 aromatic carbocycles. The molecule has 0 unspecified atom stereocenters. The third-order valence-electron chi connectivity index (χ3n) is 5.67.